The molecule has 2 aliphatic rings. The number of likely N-dealkylation sites (tertiary alicyclic amines) is 1. The van der Waals surface area contributed by atoms with E-state index >= 15 is 0 Å². The molecule has 0 unspecified atom stereocenters. The predicted molar refractivity (Wildman–Crippen MR) is 125 cm³/mol. The van der Waals surface area contributed by atoms with Gasteiger partial charge in [-0.15, -0.1) is 11.3 Å². The molecule has 0 spiro atoms. The van der Waals surface area contributed by atoms with E-state index in [1.807, 2.05) is 17.0 Å². The van der Waals surface area contributed by atoms with Gasteiger partial charge in [0.15, 0.2) is 0 Å². The normalized spacial score (nSPS) is 18.8. The Hall–Kier alpha value is -2.23. The van der Waals surface area contributed by atoms with E-state index in [1.54, 1.807) is 29.6 Å². The Bertz CT molecular complexity index is 1040. The smallest absolute Gasteiger partial charge is 0.255 e. The van der Waals surface area contributed by atoms with Crippen molar-refractivity contribution < 1.29 is 18.0 Å². The van der Waals surface area contributed by atoms with Gasteiger partial charge in [0.1, 0.15) is 4.21 Å². The number of para-hydroxylation sites is 1. The maximum atomic E-state index is 13.1. The number of hydrogen-bond acceptors (Lipinski definition) is 5. The molecule has 2 aliphatic heterocycles. The topological polar surface area (TPSA) is 86.8 Å². The molecule has 2 saturated heterocycles. The van der Waals surface area contributed by atoms with Gasteiger partial charge in [0.05, 0.1) is 11.3 Å². The van der Waals surface area contributed by atoms with Crippen molar-refractivity contribution in [1.29, 1.82) is 0 Å². The number of benzene rings is 1. The van der Waals surface area contributed by atoms with Gasteiger partial charge in [0.2, 0.25) is 5.91 Å². The minimum atomic E-state index is -3.49. The molecule has 9 heteroatoms. The predicted octanol–water partition coefficient (Wildman–Crippen LogP) is 3.80. The van der Waals surface area contributed by atoms with Crippen LogP contribution in [0.5, 0.6) is 0 Å². The van der Waals surface area contributed by atoms with Crippen LogP contribution < -0.4 is 5.32 Å². The zero-order valence-corrected chi connectivity index (χ0v) is 19.7. The quantitative estimate of drug-likeness (QED) is 0.713. The Labute approximate surface area is 193 Å². The Morgan fingerprint density at radius 1 is 0.906 bits per heavy atom. The molecule has 172 valence electrons. The maximum Gasteiger partial charge on any atom is 0.255 e. The van der Waals surface area contributed by atoms with Crippen LogP contribution in [0.2, 0.25) is 0 Å². The van der Waals surface area contributed by atoms with Gasteiger partial charge in [-0.3, -0.25) is 9.59 Å². The molecule has 0 aliphatic carbocycles. The molecule has 3 heterocycles. The van der Waals surface area contributed by atoms with Gasteiger partial charge in [0, 0.05) is 32.1 Å². The van der Waals surface area contributed by atoms with Crippen LogP contribution in [-0.4, -0.2) is 55.6 Å². The van der Waals surface area contributed by atoms with Gasteiger partial charge in [-0.2, -0.15) is 4.31 Å². The highest BCUT2D eigenvalue weighted by molar-refractivity contribution is 7.91. The van der Waals surface area contributed by atoms with E-state index in [1.165, 1.54) is 15.6 Å². The second-order valence-corrected chi connectivity index (χ2v) is 11.5. The van der Waals surface area contributed by atoms with Crippen LogP contribution in [0.15, 0.2) is 46.0 Å². The molecule has 32 heavy (non-hydrogen) atoms. The van der Waals surface area contributed by atoms with Crippen molar-refractivity contribution >= 4 is 38.9 Å². The average molecular weight is 476 g/mol. The van der Waals surface area contributed by atoms with E-state index < -0.39 is 10.0 Å². The molecule has 2 amide bonds. The number of carbonyl (C=O) groups excluding carboxylic acids is 2. The summed E-state index contributed by atoms with van der Waals surface area (Å²) >= 11 is 1.20. The first-order valence-corrected chi connectivity index (χ1v) is 13.5. The molecule has 0 atom stereocenters. The third-order valence-electron chi connectivity index (χ3n) is 6.22. The van der Waals surface area contributed by atoms with E-state index in [0.717, 1.165) is 38.8 Å². The Balaban J connectivity index is 1.39. The van der Waals surface area contributed by atoms with Crippen LogP contribution in [-0.2, 0) is 14.8 Å². The first kappa shape index (κ1) is 22.9. The number of nitrogens with one attached hydrogen (secondary N) is 1. The molecule has 1 aromatic carbocycles. The zero-order valence-electron chi connectivity index (χ0n) is 18.0. The van der Waals surface area contributed by atoms with Crippen molar-refractivity contribution in [2.24, 2.45) is 5.92 Å². The third kappa shape index (κ3) is 5.05. The Morgan fingerprint density at radius 3 is 2.25 bits per heavy atom. The van der Waals surface area contributed by atoms with Crippen molar-refractivity contribution in [3.05, 3.63) is 47.3 Å². The van der Waals surface area contributed by atoms with E-state index in [2.05, 4.69) is 5.32 Å². The summed E-state index contributed by atoms with van der Waals surface area (Å²) in [6.45, 7) is 2.12. The summed E-state index contributed by atoms with van der Waals surface area (Å²) in [5.74, 6) is -0.486. The van der Waals surface area contributed by atoms with Crippen LogP contribution in [0.4, 0.5) is 5.69 Å². The number of amides is 2. The molecule has 2 fully saturated rings. The van der Waals surface area contributed by atoms with E-state index in [4.69, 9.17) is 0 Å². The minimum absolute atomic E-state index is 0.0420. The molecule has 0 bridgehead atoms. The molecule has 7 nitrogen and oxygen atoms in total. The number of rotatable bonds is 5. The standard InChI is InChI=1S/C23H29N3O4S2/c27-22(18-11-15-26(16-12-18)32(29,30)21-10-7-17-31-21)24-20-9-4-3-8-19(20)23(28)25-13-5-1-2-6-14-25/h3-4,7-10,17-18H,1-2,5-6,11-16H2,(H,24,27). The van der Waals surface area contributed by atoms with Gasteiger partial charge in [-0.05, 0) is 49.3 Å². The van der Waals surface area contributed by atoms with Crippen molar-refractivity contribution in [3.63, 3.8) is 0 Å². The number of nitrogens with zero attached hydrogens (tertiary/aromatic N) is 2. The summed E-state index contributed by atoms with van der Waals surface area (Å²) in [6.07, 6.45) is 5.21. The van der Waals surface area contributed by atoms with E-state index in [0.29, 0.717) is 41.4 Å². The fraction of sp³-hybridized carbons (Fsp3) is 0.478. The van der Waals surface area contributed by atoms with Crippen LogP contribution in [0.25, 0.3) is 0 Å². The van der Waals surface area contributed by atoms with Gasteiger partial charge < -0.3 is 10.2 Å². The molecular formula is C23H29N3O4S2. The number of thiophene rings is 1. The summed E-state index contributed by atoms with van der Waals surface area (Å²) in [7, 11) is -3.49. The minimum Gasteiger partial charge on any atom is -0.339 e. The highest BCUT2D eigenvalue weighted by Crippen LogP contribution is 2.28. The SMILES string of the molecule is O=C(Nc1ccccc1C(=O)N1CCCCCC1)C1CCN(S(=O)(=O)c2cccs2)CC1. The first-order valence-electron chi connectivity index (χ1n) is 11.2. The van der Waals surface area contributed by atoms with Gasteiger partial charge in [-0.25, -0.2) is 8.42 Å². The van der Waals surface area contributed by atoms with Crippen molar-refractivity contribution in [1.82, 2.24) is 9.21 Å². The Morgan fingerprint density at radius 2 is 1.59 bits per heavy atom. The maximum absolute atomic E-state index is 13.1. The van der Waals surface area contributed by atoms with Crippen LogP contribution >= 0.6 is 11.3 Å². The molecule has 0 radical (unpaired) electrons. The summed E-state index contributed by atoms with van der Waals surface area (Å²) in [5, 5.41) is 4.69. The Kier molecular flexibility index (Phi) is 7.27. The number of anilines is 1. The van der Waals surface area contributed by atoms with E-state index in [9.17, 15) is 18.0 Å². The summed E-state index contributed by atoms with van der Waals surface area (Å²) in [4.78, 5) is 27.9. The monoisotopic (exact) mass is 475 g/mol. The largest absolute Gasteiger partial charge is 0.339 e. The van der Waals surface area contributed by atoms with Gasteiger partial charge in [0.25, 0.3) is 15.9 Å². The molecule has 4 rings (SSSR count). The van der Waals surface area contributed by atoms with Crippen LogP contribution in [0.1, 0.15) is 48.9 Å². The lowest BCUT2D eigenvalue weighted by molar-refractivity contribution is -0.120. The average Bonchev–Trinajstić information content (AvgIpc) is 3.23. The zero-order chi connectivity index (χ0) is 22.6. The van der Waals surface area contributed by atoms with Crippen LogP contribution in [0, 0.1) is 5.92 Å². The first-order chi connectivity index (χ1) is 15.5. The summed E-state index contributed by atoms with van der Waals surface area (Å²) in [5.41, 5.74) is 1.04. The van der Waals surface area contributed by atoms with Gasteiger partial charge in [-0.1, -0.05) is 31.0 Å². The second kappa shape index (κ2) is 10.1. The molecular weight excluding hydrogens is 446 g/mol. The molecule has 1 N–H and O–H groups in total. The van der Waals surface area contributed by atoms with Crippen LogP contribution in [0.3, 0.4) is 0 Å². The van der Waals surface area contributed by atoms with Crippen molar-refractivity contribution in [2.75, 3.05) is 31.5 Å². The molecule has 0 saturated carbocycles. The lowest BCUT2D eigenvalue weighted by atomic mass is 9.97. The molecule has 1 aromatic heterocycles. The number of carbonyl (C=O) groups is 2. The molecule has 2 aromatic rings. The van der Waals surface area contributed by atoms with Gasteiger partial charge >= 0.3 is 0 Å². The lowest BCUT2D eigenvalue weighted by Gasteiger charge is -2.30. The fourth-order valence-corrected chi connectivity index (χ4v) is 6.97. The lowest BCUT2D eigenvalue weighted by Crippen LogP contribution is -2.41. The van der Waals surface area contributed by atoms with Crippen molar-refractivity contribution in [2.45, 2.75) is 42.7 Å². The second-order valence-electron chi connectivity index (χ2n) is 8.35. The van der Waals surface area contributed by atoms with Crippen molar-refractivity contribution in [3.8, 4) is 0 Å². The highest BCUT2D eigenvalue weighted by Gasteiger charge is 2.33. The fourth-order valence-electron chi connectivity index (χ4n) is 4.35. The summed E-state index contributed by atoms with van der Waals surface area (Å²) in [6, 6.07) is 10.5. The number of sulfonamides is 1. The summed E-state index contributed by atoms with van der Waals surface area (Å²) < 4.78 is 27.2. The number of piperidine rings is 1. The van der Waals surface area contributed by atoms with E-state index in [-0.39, 0.29) is 17.7 Å². The highest BCUT2D eigenvalue weighted by atomic mass is 32.2. The number of hydrogen-bond donors (Lipinski definition) is 1. The third-order valence-corrected chi connectivity index (χ3v) is 9.49.